The predicted octanol–water partition coefficient (Wildman–Crippen LogP) is 7.88. The standard InChI is InChI=1S/C37H40FN3O4/c1-36(2,3)45-35(42)40-20-18-37(19-21-40)25-41(26-37)32-16-14-29(22-31(32)38)30-15-17-33(43-23-27-10-6-4-7-11-27)39-34(30)44-24-28-12-8-5-9-13-28/h4-17,22H,18-21,23-26H2,1-3H3. The van der Waals surface area contributed by atoms with E-state index >= 15 is 4.39 Å². The molecule has 0 saturated carbocycles. The SMILES string of the molecule is CC(C)(C)OC(=O)N1CCC2(CC1)CN(c1ccc(-c3ccc(OCc4ccccc4)nc3OCc3ccccc3)cc1F)C2. The Balaban J connectivity index is 1.14. The first-order chi connectivity index (χ1) is 21.7. The van der Waals surface area contributed by atoms with Crippen LogP contribution in [0.2, 0.25) is 0 Å². The maximum Gasteiger partial charge on any atom is 0.410 e. The van der Waals surface area contributed by atoms with Gasteiger partial charge in [0.1, 0.15) is 24.6 Å². The van der Waals surface area contributed by atoms with Gasteiger partial charge in [0.15, 0.2) is 0 Å². The average molecular weight is 610 g/mol. The van der Waals surface area contributed by atoms with Gasteiger partial charge in [-0.15, -0.1) is 0 Å². The molecule has 3 aromatic carbocycles. The van der Waals surface area contributed by atoms with Gasteiger partial charge in [-0.2, -0.15) is 4.98 Å². The summed E-state index contributed by atoms with van der Waals surface area (Å²) in [5, 5.41) is 0. The van der Waals surface area contributed by atoms with E-state index in [1.165, 1.54) is 0 Å². The van der Waals surface area contributed by atoms with Crippen molar-refractivity contribution in [1.82, 2.24) is 9.88 Å². The zero-order chi connectivity index (χ0) is 31.4. The lowest BCUT2D eigenvalue weighted by Gasteiger charge is -2.55. The molecular formula is C37H40FN3O4. The van der Waals surface area contributed by atoms with Crippen LogP contribution in [0.1, 0.15) is 44.7 Å². The van der Waals surface area contributed by atoms with Crippen molar-refractivity contribution in [2.45, 2.75) is 52.4 Å². The van der Waals surface area contributed by atoms with Crippen LogP contribution >= 0.6 is 0 Å². The van der Waals surface area contributed by atoms with E-state index in [0.29, 0.717) is 54.9 Å². The summed E-state index contributed by atoms with van der Waals surface area (Å²) in [5.41, 5.74) is 3.59. The number of amides is 1. The molecule has 1 aromatic heterocycles. The van der Waals surface area contributed by atoms with Crippen LogP contribution in [0.4, 0.5) is 14.9 Å². The molecule has 2 fully saturated rings. The average Bonchev–Trinajstić information content (AvgIpc) is 3.02. The van der Waals surface area contributed by atoms with Crippen LogP contribution in [-0.2, 0) is 18.0 Å². The van der Waals surface area contributed by atoms with E-state index in [0.717, 1.165) is 37.1 Å². The second kappa shape index (κ2) is 12.8. The summed E-state index contributed by atoms with van der Waals surface area (Å²) in [6, 6.07) is 28.8. The molecule has 45 heavy (non-hydrogen) atoms. The van der Waals surface area contributed by atoms with Crippen molar-refractivity contribution in [3.8, 4) is 22.9 Å². The topological polar surface area (TPSA) is 64.1 Å². The zero-order valence-corrected chi connectivity index (χ0v) is 26.2. The first-order valence-electron chi connectivity index (χ1n) is 15.5. The molecule has 2 aliphatic rings. The van der Waals surface area contributed by atoms with Crippen LogP contribution in [0, 0.1) is 11.2 Å². The smallest absolute Gasteiger partial charge is 0.410 e. The quantitative estimate of drug-likeness (QED) is 0.203. The van der Waals surface area contributed by atoms with Crippen molar-refractivity contribution in [2.75, 3.05) is 31.1 Å². The number of benzene rings is 3. The molecule has 6 rings (SSSR count). The number of likely N-dealkylation sites (tertiary alicyclic amines) is 1. The van der Waals surface area contributed by atoms with Crippen molar-refractivity contribution in [1.29, 1.82) is 0 Å². The highest BCUT2D eigenvalue weighted by Crippen LogP contribution is 2.44. The lowest BCUT2D eigenvalue weighted by atomic mass is 9.72. The van der Waals surface area contributed by atoms with Gasteiger partial charge < -0.3 is 24.0 Å². The molecule has 0 aliphatic carbocycles. The molecule has 0 bridgehead atoms. The lowest BCUT2D eigenvalue weighted by molar-refractivity contribution is 0.00593. The fraction of sp³-hybridized carbons (Fsp3) is 0.351. The number of carbonyl (C=O) groups excluding carboxylic acids is 1. The van der Waals surface area contributed by atoms with Crippen LogP contribution < -0.4 is 14.4 Å². The van der Waals surface area contributed by atoms with E-state index in [1.807, 2.05) is 99.6 Å². The number of ether oxygens (including phenoxy) is 3. The van der Waals surface area contributed by atoms with Gasteiger partial charge in [-0.1, -0.05) is 66.7 Å². The van der Waals surface area contributed by atoms with E-state index < -0.39 is 5.60 Å². The fourth-order valence-corrected chi connectivity index (χ4v) is 5.96. The van der Waals surface area contributed by atoms with E-state index in [1.54, 1.807) is 17.0 Å². The molecule has 4 aromatic rings. The highest BCUT2D eigenvalue weighted by molar-refractivity contribution is 5.72. The fourth-order valence-electron chi connectivity index (χ4n) is 5.96. The summed E-state index contributed by atoms with van der Waals surface area (Å²) < 4.78 is 33.4. The number of carbonyl (C=O) groups is 1. The van der Waals surface area contributed by atoms with Crippen LogP contribution in [-0.4, -0.2) is 47.8 Å². The Hall–Kier alpha value is -4.59. The first kappa shape index (κ1) is 30.4. The van der Waals surface area contributed by atoms with Crippen molar-refractivity contribution in [3.63, 3.8) is 0 Å². The molecule has 8 heteroatoms. The maximum atomic E-state index is 15.7. The third-order valence-electron chi connectivity index (χ3n) is 8.41. The number of aromatic nitrogens is 1. The third-order valence-corrected chi connectivity index (χ3v) is 8.41. The summed E-state index contributed by atoms with van der Waals surface area (Å²) in [6.07, 6.45) is 1.51. The number of rotatable bonds is 8. The molecule has 3 heterocycles. The van der Waals surface area contributed by atoms with Crippen molar-refractivity contribution >= 4 is 11.8 Å². The zero-order valence-electron chi connectivity index (χ0n) is 26.2. The van der Waals surface area contributed by atoms with Gasteiger partial charge in [-0.05, 0) is 68.5 Å². The lowest BCUT2D eigenvalue weighted by Crippen LogP contribution is -2.61. The Morgan fingerprint density at radius 1 is 0.844 bits per heavy atom. The normalized spacial score (nSPS) is 15.8. The molecule has 1 spiro atoms. The second-order valence-corrected chi connectivity index (χ2v) is 13.0. The molecule has 0 unspecified atom stereocenters. The number of hydrogen-bond donors (Lipinski definition) is 0. The molecule has 2 aliphatic heterocycles. The number of nitrogens with zero attached hydrogens (tertiary/aromatic N) is 3. The highest BCUT2D eigenvalue weighted by atomic mass is 19.1. The largest absolute Gasteiger partial charge is 0.473 e. The summed E-state index contributed by atoms with van der Waals surface area (Å²) in [4.78, 5) is 21.0. The minimum absolute atomic E-state index is 0.0988. The van der Waals surface area contributed by atoms with Gasteiger partial charge in [-0.25, -0.2) is 9.18 Å². The van der Waals surface area contributed by atoms with Gasteiger partial charge in [0.05, 0.1) is 5.69 Å². The highest BCUT2D eigenvalue weighted by Gasteiger charge is 2.46. The van der Waals surface area contributed by atoms with Crippen LogP contribution in [0.15, 0.2) is 91.0 Å². The van der Waals surface area contributed by atoms with Gasteiger partial charge in [0.2, 0.25) is 11.8 Å². The van der Waals surface area contributed by atoms with Gasteiger partial charge in [0.25, 0.3) is 0 Å². The van der Waals surface area contributed by atoms with Gasteiger partial charge in [0, 0.05) is 43.2 Å². The Bertz CT molecular complexity index is 1610. The first-order valence-corrected chi connectivity index (χ1v) is 15.5. The third kappa shape index (κ3) is 7.39. The number of piperidine rings is 1. The number of hydrogen-bond acceptors (Lipinski definition) is 6. The Morgan fingerprint density at radius 3 is 2.07 bits per heavy atom. The number of pyridine rings is 1. The summed E-state index contributed by atoms with van der Waals surface area (Å²) in [5.74, 6) is 0.537. The van der Waals surface area contributed by atoms with E-state index in [4.69, 9.17) is 14.2 Å². The monoisotopic (exact) mass is 609 g/mol. The summed E-state index contributed by atoms with van der Waals surface area (Å²) in [6.45, 7) is 9.21. The van der Waals surface area contributed by atoms with E-state index in [2.05, 4.69) is 9.88 Å². The van der Waals surface area contributed by atoms with Crippen LogP contribution in [0.5, 0.6) is 11.8 Å². The molecule has 0 N–H and O–H groups in total. The van der Waals surface area contributed by atoms with Crippen LogP contribution in [0.25, 0.3) is 11.1 Å². The van der Waals surface area contributed by atoms with Gasteiger partial charge >= 0.3 is 6.09 Å². The van der Waals surface area contributed by atoms with E-state index in [-0.39, 0.29) is 17.3 Å². The maximum absolute atomic E-state index is 15.7. The number of halogens is 1. The van der Waals surface area contributed by atoms with Crippen molar-refractivity contribution in [3.05, 3.63) is 108 Å². The number of anilines is 1. The van der Waals surface area contributed by atoms with Crippen molar-refractivity contribution < 1.29 is 23.4 Å². The second-order valence-electron chi connectivity index (χ2n) is 13.0. The minimum atomic E-state index is -0.508. The molecule has 0 radical (unpaired) electrons. The molecule has 2 saturated heterocycles. The Labute approximate surface area is 264 Å². The van der Waals surface area contributed by atoms with Gasteiger partial charge in [-0.3, -0.25) is 0 Å². The Kier molecular flexibility index (Phi) is 8.65. The summed E-state index contributed by atoms with van der Waals surface area (Å²) >= 11 is 0. The molecule has 0 atom stereocenters. The molecule has 1 amide bonds. The molecule has 234 valence electrons. The van der Waals surface area contributed by atoms with E-state index in [9.17, 15) is 4.79 Å². The predicted molar refractivity (Wildman–Crippen MR) is 173 cm³/mol. The van der Waals surface area contributed by atoms with Crippen molar-refractivity contribution in [2.24, 2.45) is 5.41 Å². The van der Waals surface area contributed by atoms with Crippen LogP contribution in [0.3, 0.4) is 0 Å². The molecule has 7 nitrogen and oxygen atoms in total. The minimum Gasteiger partial charge on any atom is -0.473 e. The molecular weight excluding hydrogens is 569 g/mol. The Morgan fingerprint density at radius 2 is 1.47 bits per heavy atom. The summed E-state index contributed by atoms with van der Waals surface area (Å²) in [7, 11) is 0.